The van der Waals surface area contributed by atoms with Gasteiger partial charge in [0.2, 0.25) is 10.0 Å². The van der Waals surface area contributed by atoms with Gasteiger partial charge in [-0.2, -0.15) is 8.75 Å². The molecule has 2 aromatic carbocycles. The summed E-state index contributed by atoms with van der Waals surface area (Å²) in [5.41, 5.74) is 1.88. The lowest BCUT2D eigenvalue weighted by Crippen LogP contribution is -2.42. The molecule has 7 nitrogen and oxygen atoms in total. The predicted octanol–water partition coefficient (Wildman–Crippen LogP) is 2.37. The minimum absolute atomic E-state index is 0.137. The topological polar surface area (TPSA) is 90.4 Å². The lowest BCUT2D eigenvalue weighted by atomic mass is 10.0. The second kappa shape index (κ2) is 6.82. The Labute approximate surface area is 155 Å². The minimum Gasteiger partial charge on any atom is -0.490 e. The van der Waals surface area contributed by atoms with E-state index < -0.39 is 10.0 Å². The van der Waals surface area contributed by atoms with E-state index in [1.165, 1.54) is 6.07 Å². The highest BCUT2D eigenvalue weighted by Crippen LogP contribution is 2.35. The molecule has 0 saturated carbocycles. The summed E-state index contributed by atoms with van der Waals surface area (Å²) in [6.45, 7) is 2.69. The lowest BCUT2D eigenvalue weighted by Gasteiger charge is -2.27. The number of nitrogens with zero attached hydrogens (tertiary/aromatic N) is 2. The van der Waals surface area contributed by atoms with Crippen molar-refractivity contribution < 1.29 is 17.9 Å². The van der Waals surface area contributed by atoms with Gasteiger partial charge < -0.3 is 9.47 Å². The van der Waals surface area contributed by atoms with Gasteiger partial charge in [0.1, 0.15) is 22.5 Å². The Bertz CT molecular complexity index is 1050. The molecule has 4 rings (SSSR count). The largest absolute Gasteiger partial charge is 0.490 e. The second-order valence-corrected chi connectivity index (χ2v) is 8.11. The number of rotatable bonds is 5. The van der Waals surface area contributed by atoms with Gasteiger partial charge in [-0.25, -0.2) is 13.1 Å². The molecule has 1 N–H and O–H groups in total. The van der Waals surface area contributed by atoms with Gasteiger partial charge in [-0.3, -0.25) is 0 Å². The number of sulfonamides is 1. The maximum atomic E-state index is 12.8. The third-order valence-electron chi connectivity index (χ3n) is 4.12. The van der Waals surface area contributed by atoms with E-state index in [9.17, 15) is 8.42 Å². The van der Waals surface area contributed by atoms with Crippen LogP contribution in [0.2, 0.25) is 0 Å². The molecule has 1 aliphatic heterocycles. The van der Waals surface area contributed by atoms with Crippen molar-refractivity contribution in [2.75, 3.05) is 13.2 Å². The Morgan fingerprint density at radius 3 is 2.96 bits per heavy atom. The third kappa shape index (κ3) is 3.13. The Morgan fingerprint density at radius 1 is 1.27 bits per heavy atom. The molecule has 0 saturated heterocycles. The molecule has 9 heteroatoms. The van der Waals surface area contributed by atoms with Crippen molar-refractivity contribution in [1.82, 2.24) is 13.5 Å². The highest BCUT2D eigenvalue weighted by atomic mass is 32.2. The zero-order chi connectivity index (χ0) is 18.1. The SMILES string of the molecule is CCOc1cccc2c1OCC(NS(=O)(=O)c1cccc3nsnc13)C2. The van der Waals surface area contributed by atoms with E-state index in [1.807, 2.05) is 25.1 Å². The zero-order valence-electron chi connectivity index (χ0n) is 14.0. The van der Waals surface area contributed by atoms with Crippen LogP contribution in [0.5, 0.6) is 11.5 Å². The van der Waals surface area contributed by atoms with Crippen LogP contribution in [0, 0.1) is 0 Å². The van der Waals surface area contributed by atoms with Crippen LogP contribution in [0.4, 0.5) is 0 Å². The molecule has 0 radical (unpaired) electrons. The molecule has 1 atom stereocenters. The predicted molar refractivity (Wildman–Crippen MR) is 98.3 cm³/mol. The third-order valence-corrected chi connectivity index (χ3v) is 6.21. The first-order chi connectivity index (χ1) is 12.6. The molecule has 26 heavy (non-hydrogen) atoms. The van der Waals surface area contributed by atoms with Gasteiger partial charge in [0.15, 0.2) is 11.5 Å². The lowest BCUT2D eigenvalue weighted by molar-refractivity contribution is 0.233. The van der Waals surface area contributed by atoms with Gasteiger partial charge in [0.05, 0.1) is 24.4 Å². The quantitative estimate of drug-likeness (QED) is 0.718. The number of para-hydroxylation sites is 1. The van der Waals surface area contributed by atoms with Crippen LogP contribution in [0.15, 0.2) is 41.3 Å². The molecule has 0 bridgehead atoms. The van der Waals surface area contributed by atoms with E-state index in [2.05, 4.69) is 13.5 Å². The van der Waals surface area contributed by atoms with Gasteiger partial charge in [-0.05, 0) is 37.1 Å². The molecular weight excluding hydrogens is 374 g/mol. The summed E-state index contributed by atoms with van der Waals surface area (Å²) in [6, 6.07) is 10.2. The summed E-state index contributed by atoms with van der Waals surface area (Å²) in [5, 5.41) is 0. The molecule has 0 spiro atoms. The zero-order valence-corrected chi connectivity index (χ0v) is 15.6. The average molecular weight is 391 g/mol. The van der Waals surface area contributed by atoms with E-state index in [0.717, 1.165) is 17.3 Å². The standard InChI is InChI=1S/C17H17N3O4S2/c1-2-23-14-7-3-5-11-9-12(10-24-17(11)14)20-26(21,22)15-8-4-6-13-16(15)19-25-18-13/h3-8,12,20H,2,9-10H2,1H3. The van der Waals surface area contributed by atoms with Crippen LogP contribution in [-0.4, -0.2) is 36.4 Å². The first-order valence-electron chi connectivity index (χ1n) is 8.19. The number of benzene rings is 2. The molecule has 136 valence electrons. The number of nitrogens with one attached hydrogen (secondary N) is 1. The van der Waals surface area contributed by atoms with Gasteiger partial charge in [0, 0.05) is 0 Å². The number of aromatic nitrogens is 2. The van der Waals surface area contributed by atoms with Crippen molar-refractivity contribution >= 4 is 32.8 Å². The Balaban J connectivity index is 1.59. The molecule has 0 fully saturated rings. The Morgan fingerprint density at radius 2 is 2.12 bits per heavy atom. The Hall–Kier alpha value is -2.23. The van der Waals surface area contributed by atoms with E-state index in [1.54, 1.807) is 12.1 Å². The first-order valence-corrected chi connectivity index (χ1v) is 10.4. The first kappa shape index (κ1) is 17.2. The van der Waals surface area contributed by atoms with Crippen LogP contribution >= 0.6 is 11.7 Å². The highest BCUT2D eigenvalue weighted by Gasteiger charge is 2.28. The number of fused-ring (bicyclic) bond motifs is 2. The average Bonchev–Trinajstić information content (AvgIpc) is 3.10. The summed E-state index contributed by atoms with van der Waals surface area (Å²) in [6.07, 6.45) is 0.529. The summed E-state index contributed by atoms with van der Waals surface area (Å²) in [7, 11) is -3.74. The van der Waals surface area contributed by atoms with Crippen molar-refractivity contribution in [1.29, 1.82) is 0 Å². The van der Waals surface area contributed by atoms with Crippen molar-refractivity contribution in [3.8, 4) is 11.5 Å². The number of ether oxygens (including phenoxy) is 2. The molecule has 1 aromatic heterocycles. The van der Waals surface area contributed by atoms with Crippen molar-refractivity contribution in [2.24, 2.45) is 0 Å². The normalized spacial score (nSPS) is 16.9. The highest BCUT2D eigenvalue weighted by molar-refractivity contribution is 7.89. The maximum Gasteiger partial charge on any atom is 0.243 e. The van der Waals surface area contributed by atoms with E-state index in [-0.39, 0.29) is 17.5 Å². The van der Waals surface area contributed by atoms with Crippen LogP contribution in [-0.2, 0) is 16.4 Å². The van der Waals surface area contributed by atoms with Gasteiger partial charge in [-0.15, -0.1) is 0 Å². The molecule has 0 aliphatic carbocycles. The molecule has 2 heterocycles. The van der Waals surface area contributed by atoms with E-state index in [0.29, 0.717) is 35.6 Å². The second-order valence-electron chi connectivity index (χ2n) is 5.90. The monoisotopic (exact) mass is 391 g/mol. The number of hydrogen-bond acceptors (Lipinski definition) is 7. The minimum atomic E-state index is -3.74. The number of hydrogen-bond donors (Lipinski definition) is 1. The van der Waals surface area contributed by atoms with Crippen molar-refractivity contribution in [2.45, 2.75) is 24.3 Å². The van der Waals surface area contributed by atoms with E-state index >= 15 is 0 Å². The summed E-state index contributed by atoms with van der Waals surface area (Å²) in [5.74, 6) is 1.38. The fourth-order valence-corrected chi connectivity index (χ4v) is 5.01. The smallest absolute Gasteiger partial charge is 0.243 e. The summed E-state index contributed by atoms with van der Waals surface area (Å²) >= 11 is 0.995. The van der Waals surface area contributed by atoms with Crippen LogP contribution in [0.1, 0.15) is 12.5 Å². The molecule has 3 aromatic rings. The van der Waals surface area contributed by atoms with Crippen molar-refractivity contribution in [3.05, 3.63) is 42.0 Å². The van der Waals surface area contributed by atoms with Crippen LogP contribution < -0.4 is 14.2 Å². The fourth-order valence-electron chi connectivity index (χ4n) is 3.02. The maximum absolute atomic E-state index is 12.8. The van der Waals surface area contributed by atoms with Gasteiger partial charge in [0.25, 0.3) is 0 Å². The summed E-state index contributed by atoms with van der Waals surface area (Å²) in [4.78, 5) is 0.137. The molecular formula is C17H17N3O4S2. The summed E-state index contributed by atoms with van der Waals surface area (Å²) < 4.78 is 48.0. The molecule has 0 amide bonds. The molecule has 1 unspecified atom stereocenters. The Kier molecular flexibility index (Phi) is 4.51. The van der Waals surface area contributed by atoms with Gasteiger partial charge >= 0.3 is 0 Å². The van der Waals surface area contributed by atoms with E-state index in [4.69, 9.17) is 9.47 Å². The molecule has 1 aliphatic rings. The van der Waals surface area contributed by atoms with Gasteiger partial charge in [-0.1, -0.05) is 18.2 Å². The fraction of sp³-hybridized carbons (Fsp3) is 0.294. The van der Waals surface area contributed by atoms with Crippen LogP contribution in [0.25, 0.3) is 11.0 Å². The van der Waals surface area contributed by atoms with Crippen LogP contribution in [0.3, 0.4) is 0 Å². The van der Waals surface area contributed by atoms with Crippen molar-refractivity contribution in [3.63, 3.8) is 0 Å².